The van der Waals surface area contributed by atoms with Gasteiger partial charge in [0.1, 0.15) is 4.32 Å². The average molecular weight is 391 g/mol. The number of anilines is 1. The number of aliphatic carboxylic acids is 1. The predicted molar refractivity (Wildman–Crippen MR) is 109 cm³/mol. The van der Waals surface area contributed by atoms with Crippen LogP contribution in [0.15, 0.2) is 29.2 Å². The third-order valence-corrected chi connectivity index (χ3v) is 5.96. The summed E-state index contributed by atoms with van der Waals surface area (Å²) in [5.74, 6) is -1.15. The number of thioether (sulfide) groups is 1. The summed E-state index contributed by atoms with van der Waals surface area (Å²) in [6, 6.07) is 8.23. The zero-order valence-corrected chi connectivity index (χ0v) is 16.2. The largest absolute Gasteiger partial charge is 0.481 e. The monoisotopic (exact) mass is 390 g/mol. The first-order valence-electron chi connectivity index (χ1n) is 8.87. The molecular weight excluding hydrogens is 368 g/mol. The highest BCUT2D eigenvalue weighted by molar-refractivity contribution is 8.26. The van der Waals surface area contributed by atoms with E-state index in [2.05, 4.69) is 17.0 Å². The topological polar surface area (TPSA) is 60.9 Å². The highest BCUT2D eigenvalue weighted by Crippen LogP contribution is 2.33. The highest BCUT2D eigenvalue weighted by Gasteiger charge is 2.32. The molecule has 26 heavy (non-hydrogen) atoms. The summed E-state index contributed by atoms with van der Waals surface area (Å²) in [4.78, 5) is 27.5. The van der Waals surface area contributed by atoms with E-state index in [4.69, 9.17) is 17.3 Å². The number of amides is 1. The van der Waals surface area contributed by atoms with E-state index in [1.807, 2.05) is 18.2 Å². The normalized spacial score (nSPS) is 19.9. The molecule has 1 aromatic carbocycles. The second kappa shape index (κ2) is 8.68. The lowest BCUT2D eigenvalue weighted by atomic mass is 10.1. The van der Waals surface area contributed by atoms with Crippen LogP contribution in [0.2, 0.25) is 0 Å². The summed E-state index contributed by atoms with van der Waals surface area (Å²) in [7, 11) is 0. The first kappa shape index (κ1) is 18.9. The van der Waals surface area contributed by atoms with Gasteiger partial charge in [0, 0.05) is 25.3 Å². The number of carbonyl (C=O) groups excluding carboxylic acids is 1. The Bertz CT molecular complexity index is 723. The number of carboxylic acid groups (broad SMARTS) is 1. The number of hydrogen-bond donors (Lipinski definition) is 1. The van der Waals surface area contributed by atoms with Crippen LogP contribution < -0.4 is 4.90 Å². The van der Waals surface area contributed by atoms with Gasteiger partial charge in [0.05, 0.1) is 11.3 Å². The molecule has 0 spiro atoms. The maximum Gasteiger partial charge on any atom is 0.305 e. The Morgan fingerprint density at radius 1 is 1.15 bits per heavy atom. The van der Waals surface area contributed by atoms with Crippen LogP contribution in [0.3, 0.4) is 0 Å². The van der Waals surface area contributed by atoms with Crippen molar-refractivity contribution in [2.75, 3.05) is 24.5 Å². The smallest absolute Gasteiger partial charge is 0.305 e. The van der Waals surface area contributed by atoms with Crippen molar-refractivity contribution in [3.63, 3.8) is 0 Å². The molecule has 0 atom stereocenters. The van der Waals surface area contributed by atoms with Crippen LogP contribution in [0, 0.1) is 0 Å². The fraction of sp³-hybridized carbons (Fsp3) is 0.421. The van der Waals surface area contributed by atoms with Gasteiger partial charge in [-0.1, -0.05) is 49.0 Å². The molecule has 2 aliphatic rings. The summed E-state index contributed by atoms with van der Waals surface area (Å²) in [5.41, 5.74) is 2.17. The predicted octanol–water partition coefficient (Wildman–Crippen LogP) is 3.74. The fourth-order valence-electron chi connectivity index (χ4n) is 3.16. The number of hydrogen-bond acceptors (Lipinski definition) is 5. The lowest BCUT2D eigenvalue weighted by molar-refractivity contribution is -0.137. The quantitative estimate of drug-likeness (QED) is 0.610. The van der Waals surface area contributed by atoms with Crippen molar-refractivity contribution < 1.29 is 14.7 Å². The van der Waals surface area contributed by atoms with Gasteiger partial charge in [-0.2, -0.15) is 0 Å². The molecule has 0 bridgehead atoms. The van der Waals surface area contributed by atoms with Crippen molar-refractivity contribution in [3.8, 4) is 0 Å². The molecule has 2 saturated heterocycles. The van der Waals surface area contributed by atoms with Crippen molar-refractivity contribution in [1.29, 1.82) is 0 Å². The number of nitrogens with zero attached hydrogens (tertiary/aromatic N) is 2. The van der Waals surface area contributed by atoms with E-state index in [0.29, 0.717) is 9.23 Å². The van der Waals surface area contributed by atoms with Gasteiger partial charge < -0.3 is 10.0 Å². The molecule has 0 aliphatic carbocycles. The summed E-state index contributed by atoms with van der Waals surface area (Å²) < 4.78 is 0.420. The Kier molecular flexibility index (Phi) is 6.32. The summed E-state index contributed by atoms with van der Waals surface area (Å²) in [6.07, 6.45) is 6.80. The van der Waals surface area contributed by atoms with Gasteiger partial charge >= 0.3 is 5.97 Å². The summed E-state index contributed by atoms with van der Waals surface area (Å²) in [6.45, 7) is 2.31. The van der Waals surface area contributed by atoms with Gasteiger partial charge in [-0.3, -0.25) is 14.5 Å². The first-order chi connectivity index (χ1) is 12.5. The molecule has 2 aliphatic heterocycles. The Balaban J connectivity index is 1.68. The van der Waals surface area contributed by atoms with Crippen LogP contribution in [0.25, 0.3) is 6.08 Å². The molecule has 1 aromatic rings. The number of benzene rings is 1. The molecule has 0 saturated carbocycles. The second-order valence-electron chi connectivity index (χ2n) is 6.47. The molecular formula is C19H22N2O3S2. The minimum Gasteiger partial charge on any atom is -0.481 e. The molecule has 2 heterocycles. The molecule has 1 amide bonds. The number of rotatable bonds is 5. The maximum atomic E-state index is 12.4. The van der Waals surface area contributed by atoms with Crippen LogP contribution in [-0.4, -0.2) is 45.8 Å². The lowest BCUT2D eigenvalue weighted by Crippen LogP contribution is -2.30. The average Bonchev–Trinajstić information content (AvgIpc) is 2.82. The summed E-state index contributed by atoms with van der Waals surface area (Å²) in [5, 5.41) is 8.79. The number of thiocarbonyl (C=S) groups is 1. The van der Waals surface area contributed by atoms with Crippen molar-refractivity contribution in [2.24, 2.45) is 0 Å². The zero-order valence-electron chi connectivity index (χ0n) is 14.5. The molecule has 1 N–H and O–H groups in total. The standard InChI is InChI=1S/C19H22N2O3S2/c22-17(23)9-12-21-18(24)16(26-19(21)25)13-14-5-7-15(8-6-14)20-10-3-1-2-4-11-20/h5-8,13H,1-4,9-12H2,(H,22,23). The Hall–Kier alpha value is -1.86. The Morgan fingerprint density at radius 2 is 1.81 bits per heavy atom. The van der Waals surface area contributed by atoms with Gasteiger partial charge in [0.15, 0.2) is 0 Å². The minimum atomic E-state index is -0.938. The Labute approximate surface area is 163 Å². The van der Waals surface area contributed by atoms with Gasteiger partial charge in [0.25, 0.3) is 5.91 Å². The molecule has 3 rings (SSSR count). The van der Waals surface area contributed by atoms with E-state index in [-0.39, 0.29) is 18.9 Å². The van der Waals surface area contributed by atoms with Crippen LogP contribution in [0.1, 0.15) is 37.7 Å². The maximum absolute atomic E-state index is 12.4. The van der Waals surface area contributed by atoms with E-state index < -0.39 is 5.97 Å². The lowest BCUT2D eigenvalue weighted by Gasteiger charge is -2.22. The number of carbonyl (C=O) groups is 2. The molecule has 0 unspecified atom stereocenters. The van der Waals surface area contributed by atoms with Crippen LogP contribution >= 0.6 is 24.0 Å². The molecule has 138 valence electrons. The third-order valence-electron chi connectivity index (χ3n) is 4.58. The molecule has 0 radical (unpaired) electrons. The SMILES string of the molecule is O=C(O)CCN1C(=O)C(=Cc2ccc(N3CCCCCC3)cc2)SC1=S. The van der Waals surface area contributed by atoms with Gasteiger partial charge in [-0.05, 0) is 36.6 Å². The molecule has 2 fully saturated rings. The van der Waals surface area contributed by atoms with Crippen molar-refractivity contribution in [3.05, 3.63) is 34.7 Å². The van der Waals surface area contributed by atoms with Gasteiger partial charge in [-0.15, -0.1) is 0 Å². The molecule has 5 nitrogen and oxygen atoms in total. The highest BCUT2D eigenvalue weighted by atomic mass is 32.2. The van der Waals surface area contributed by atoms with E-state index in [9.17, 15) is 9.59 Å². The van der Waals surface area contributed by atoms with Gasteiger partial charge in [0.2, 0.25) is 0 Å². The van der Waals surface area contributed by atoms with Crippen LogP contribution in [-0.2, 0) is 9.59 Å². The minimum absolute atomic E-state index is 0.107. The van der Waals surface area contributed by atoms with E-state index in [1.165, 1.54) is 48.0 Å². The summed E-state index contributed by atoms with van der Waals surface area (Å²) >= 11 is 6.44. The van der Waals surface area contributed by atoms with Crippen molar-refractivity contribution in [2.45, 2.75) is 32.1 Å². The third kappa shape index (κ3) is 4.65. The molecule has 7 heteroatoms. The van der Waals surface area contributed by atoms with E-state index in [0.717, 1.165) is 18.7 Å². The van der Waals surface area contributed by atoms with Crippen LogP contribution in [0.4, 0.5) is 5.69 Å². The molecule has 0 aromatic heterocycles. The van der Waals surface area contributed by atoms with Crippen LogP contribution in [0.5, 0.6) is 0 Å². The van der Waals surface area contributed by atoms with Crippen molar-refractivity contribution >= 4 is 51.9 Å². The number of carboxylic acids is 1. The van der Waals surface area contributed by atoms with E-state index >= 15 is 0 Å². The van der Waals surface area contributed by atoms with Gasteiger partial charge in [-0.25, -0.2) is 0 Å². The zero-order chi connectivity index (χ0) is 18.5. The fourth-order valence-corrected chi connectivity index (χ4v) is 4.47. The second-order valence-corrected chi connectivity index (χ2v) is 8.15. The van der Waals surface area contributed by atoms with E-state index in [1.54, 1.807) is 0 Å². The Morgan fingerprint density at radius 3 is 2.42 bits per heavy atom. The van der Waals surface area contributed by atoms with Crippen molar-refractivity contribution in [1.82, 2.24) is 4.90 Å². The first-order valence-corrected chi connectivity index (χ1v) is 10.1.